The van der Waals surface area contributed by atoms with Gasteiger partial charge >= 0.3 is 0 Å². The molecule has 1 aliphatic heterocycles. The van der Waals surface area contributed by atoms with Crippen LogP contribution in [0.25, 0.3) is 22.8 Å². The molecule has 1 aromatic heterocycles. The van der Waals surface area contributed by atoms with E-state index in [0.29, 0.717) is 29.3 Å². The predicted molar refractivity (Wildman–Crippen MR) is 98.7 cm³/mol. The summed E-state index contributed by atoms with van der Waals surface area (Å²) >= 11 is 0. The fourth-order valence-electron chi connectivity index (χ4n) is 3.11. The van der Waals surface area contributed by atoms with Gasteiger partial charge in [0.1, 0.15) is 0 Å². The van der Waals surface area contributed by atoms with Gasteiger partial charge in [0.15, 0.2) is 5.76 Å². The lowest BCUT2D eigenvalue weighted by Gasteiger charge is -2.12. The van der Waals surface area contributed by atoms with Gasteiger partial charge in [-0.25, -0.2) is 4.98 Å². The Morgan fingerprint density at radius 3 is 2.73 bits per heavy atom. The van der Waals surface area contributed by atoms with Crippen LogP contribution in [-0.4, -0.2) is 30.1 Å². The molecular weight excluding hydrogens is 328 g/mol. The van der Waals surface area contributed by atoms with E-state index in [0.717, 1.165) is 25.0 Å². The van der Waals surface area contributed by atoms with E-state index < -0.39 is 0 Å². The molecule has 1 aliphatic rings. The summed E-state index contributed by atoms with van der Waals surface area (Å²) in [5, 5.41) is 2.96. The molecule has 26 heavy (non-hydrogen) atoms. The highest BCUT2D eigenvalue weighted by molar-refractivity contribution is 6.00. The van der Waals surface area contributed by atoms with Crippen molar-refractivity contribution in [2.75, 3.05) is 13.2 Å². The molecule has 4 rings (SSSR count). The van der Waals surface area contributed by atoms with Gasteiger partial charge in [-0.15, -0.1) is 0 Å². The second kappa shape index (κ2) is 7.54. The second-order valence-electron chi connectivity index (χ2n) is 6.29. The van der Waals surface area contributed by atoms with E-state index in [1.54, 1.807) is 12.3 Å². The number of hydrogen-bond donors (Lipinski definition) is 1. The van der Waals surface area contributed by atoms with Gasteiger partial charge in [-0.3, -0.25) is 4.79 Å². The Kier molecular flexibility index (Phi) is 4.80. The minimum absolute atomic E-state index is 0.109. The molecule has 0 spiro atoms. The summed E-state index contributed by atoms with van der Waals surface area (Å²) in [6.45, 7) is 1.30. The van der Waals surface area contributed by atoms with Crippen LogP contribution in [0.1, 0.15) is 23.2 Å². The molecule has 1 N–H and O–H groups in total. The lowest BCUT2D eigenvalue weighted by molar-refractivity contribution is 0.0858. The zero-order valence-electron chi connectivity index (χ0n) is 14.4. The number of carbonyl (C=O) groups excluding carboxylic acids is 1. The third kappa shape index (κ3) is 3.53. The third-order valence-electron chi connectivity index (χ3n) is 4.48. The molecule has 1 amide bonds. The number of nitrogens with zero attached hydrogens (tertiary/aromatic N) is 1. The predicted octanol–water partition coefficient (Wildman–Crippen LogP) is 3.92. The molecule has 0 aliphatic carbocycles. The minimum Gasteiger partial charge on any atom is -0.436 e. The lowest BCUT2D eigenvalue weighted by atomic mass is 10.1. The molecular formula is C21H20N2O3. The van der Waals surface area contributed by atoms with Gasteiger partial charge < -0.3 is 14.5 Å². The number of carbonyl (C=O) groups is 1. The molecule has 0 saturated carbocycles. The first-order valence-corrected chi connectivity index (χ1v) is 8.82. The van der Waals surface area contributed by atoms with E-state index >= 15 is 0 Å². The molecule has 5 nitrogen and oxygen atoms in total. The number of ether oxygens (including phenoxy) is 1. The highest BCUT2D eigenvalue weighted by Crippen LogP contribution is 2.28. The van der Waals surface area contributed by atoms with Crippen LogP contribution in [0.4, 0.5) is 0 Å². The van der Waals surface area contributed by atoms with E-state index in [9.17, 15) is 4.79 Å². The Morgan fingerprint density at radius 2 is 1.92 bits per heavy atom. The van der Waals surface area contributed by atoms with Gasteiger partial charge in [0, 0.05) is 24.3 Å². The Bertz CT molecular complexity index is 883. The molecule has 0 unspecified atom stereocenters. The van der Waals surface area contributed by atoms with Crippen molar-refractivity contribution >= 4 is 5.91 Å². The van der Waals surface area contributed by atoms with Crippen LogP contribution in [-0.2, 0) is 4.74 Å². The Morgan fingerprint density at radius 1 is 1.12 bits per heavy atom. The smallest absolute Gasteiger partial charge is 0.252 e. The molecule has 1 saturated heterocycles. The van der Waals surface area contributed by atoms with Gasteiger partial charge in [0.05, 0.1) is 17.9 Å². The maximum Gasteiger partial charge on any atom is 0.252 e. The van der Waals surface area contributed by atoms with Crippen LogP contribution in [0.2, 0.25) is 0 Å². The molecule has 3 aromatic rings. The summed E-state index contributed by atoms with van der Waals surface area (Å²) in [5.74, 6) is 0.970. The van der Waals surface area contributed by atoms with Crippen molar-refractivity contribution in [3.8, 4) is 22.8 Å². The first kappa shape index (κ1) is 16.5. The largest absolute Gasteiger partial charge is 0.436 e. The average Bonchev–Trinajstić information content (AvgIpc) is 3.39. The molecule has 132 valence electrons. The van der Waals surface area contributed by atoms with Crippen molar-refractivity contribution in [1.82, 2.24) is 10.3 Å². The monoisotopic (exact) mass is 348 g/mol. The molecule has 1 fully saturated rings. The number of benzene rings is 2. The van der Waals surface area contributed by atoms with Crippen LogP contribution in [0.3, 0.4) is 0 Å². The molecule has 0 bridgehead atoms. The topological polar surface area (TPSA) is 64.4 Å². The first-order chi connectivity index (χ1) is 12.8. The van der Waals surface area contributed by atoms with E-state index in [-0.39, 0.29) is 12.0 Å². The SMILES string of the molecule is O=C(NC[C@@H]1CCCO1)c1ccccc1-c1ncc(-c2ccccc2)o1. The van der Waals surface area contributed by atoms with Crippen LogP contribution in [0, 0.1) is 0 Å². The van der Waals surface area contributed by atoms with Crippen molar-refractivity contribution in [2.24, 2.45) is 0 Å². The Hall–Kier alpha value is -2.92. The maximum absolute atomic E-state index is 12.6. The van der Waals surface area contributed by atoms with Crippen molar-refractivity contribution in [3.63, 3.8) is 0 Å². The Labute approximate surface area is 152 Å². The fourth-order valence-corrected chi connectivity index (χ4v) is 3.11. The summed E-state index contributed by atoms with van der Waals surface area (Å²) in [4.78, 5) is 17.0. The average molecular weight is 348 g/mol. The summed E-state index contributed by atoms with van der Waals surface area (Å²) in [6, 6.07) is 17.1. The standard InChI is InChI=1S/C21H20N2O3/c24-20(22-13-16-9-6-12-25-16)17-10-4-5-11-18(17)21-23-14-19(26-21)15-7-2-1-3-8-15/h1-5,7-8,10-11,14,16H,6,9,12-13H2,(H,22,24)/t16-/m0/s1. The summed E-state index contributed by atoms with van der Waals surface area (Å²) in [7, 11) is 0. The zero-order chi connectivity index (χ0) is 17.8. The van der Waals surface area contributed by atoms with Crippen LogP contribution in [0.5, 0.6) is 0 Å². The molecule has 1 atom stereocenters. The highest BCUT2D eigenvalue weighted by atomic mass is 16.5. The number of amides is 1. The normalized spacial score (nSPS) is 16.5. The zero-order valence-corrected chi connectivity index (χ0v) is 14.4. The van der Waals surface area contributed by atoms with Crippen molar-refractivity contribution in [1.29, 1.82) is 0 Å². The molecule has 2 aromatic carbocycles. The number of hydrogen-bond acceptors (Lipinski definition) is 4. The van der Waals surface area contributed by atoms with Crippen LogP contribution < -0.4 is 5.32 Å². The minimum atomic E-state index is -0.143. The van der Waals surface area contributed by atoms with E-state index in [2.05, 4.69) is 10.3 Å². The number of oxazole rings is 1. The van der Waals surface area contributed by atoms with Gasteiger partial charge in [-0.2, -0.15) is 0 Å². The first-order valence-electron chi connectivity index (χ1n) is 8.82. The number of rotatable bonds is 5. The summed E-state index contributed by atoms with van der Waals surface area (Å²) in [5.41, 5.74) is 2.18. The van der Waals surface area contributed by atoms with Gasteiger partial charge in [-0.1, -0.05) is 42.5 Å². The number of nitrogens with one attached hydrogen (secondary N) is 1. The van der Waals surface area contributed by atoms with Crippen molar-refractivity contribution < 1.29 is 13.9 Å². The fraction of sp³-hybridized carbons (Fsp3) is 0.238. The molecule has 5 heteroatoms. The highest BCUT2D eigenvalue weighted by Gasteiger charge is 2.20. The van der Waals surface area contributed by atoms with E-state index in [1.807, 2.05) is 48.5 Å². The van der Waals surface area contributed by atoms with Gasteiger partial charge in [0.2, 0.25) is 5.89 Å². The van der Waals surface area contributed by atoms with Crippen molar-refractivity contribution in [3.05, 3.63) is 66.4 Å². The van der Waals surface area contributed by atoms with Crippen LogP contribution in [0.15, 0.2) is 65.2 Å². The molecule has 0 radical (unpaired) electrons. The second-order valence-corrected chi connectivity index (χ2v) is 6.29. The third-order valence-corrected chi connectivity index (χ3v) is 4.48. The quantitative estimate of drug-likeness (QED) is 0.759. The van der Waals surface area contributed by atoms with Crippen LogP contribution >= 0.6 is 0 Å². The maximum atomic E-state index is 12.6. The summed E-state index contributed by atoms with van der Waals surface area (Å²) in [6.07, 6.45) is 3.83. The van der Waals surface area contributed by atoms with Gasteiger partial charge in [0.25, 0.3) is 5.91 Å². The Balaban J connectivity index is 1.56. The van der Waals surface area contributed by atoms with Crippen molar-refractivity contribution in [2.45, 2.75) is 18.9 Å². The van der Waals surface area contributed by atoms with Gasteiger partial charge in [-0.05, 0) is 25.0 Å². The van der Waals surface area contributed by atoms with E-state index in [1.165, 1.54) is 0 Å². The lowest BCUT2D eigenvalue weighted by Crippen LogP contribution is -2.32. The molecule has 2 heterocycles. The summed E-state index contributed by atoms with van der Waals surface area (Å²) < 4.78 is 11.5. The number of aromatic nitrogens is 1. The van der Waals surface area contributed by atoms with E-state index in [4.69, 9.17) is 9.15 Å².